The van der Waals surface area contributed by atoms with Gasteiger partial charge in [0.1, 0.15) is 5.82 Å². The second-order valence-electron chi connectivity index (χ2n) is 10.3. The highest BCUT2D eigenvalue weighted by atomic mass is 32.1. The van der Waals surface area contributed by atoms with Crippen molar-refractivity contribution < 1.29 is 0 Å². The Morgan fingerprint density at radius 1 is 0.634 bits per heavy atom. The van der Waals surface area contributed by atoms with E-state index in [0.717, 1.165) is 28.3 Å². The monoisotopic (exact) mass is 542 g/mol. The lowest BCUT2D eigenvalue weighted by atomic mass is 10.1. The molecule has 0 atom stereocenters. The van der Waals surface area contributed by atoms with Crippen LogP contribution < -0.4 is 0 Å². The smallest absolute Gasteiger partial charge is 0.138 e. The zero-order valence-corrected chi connectivity index (χ0v) is 22.7. The maximum absolute atomic E-state index is 5.22. The van der Waals surface area contributed by atoms with Crippen molar-refractivity contribution in [1.82, 2.24) is 19.1 Å². The Morgan fingerprint density at radius 2 is 1.51 bits per heavy atom. The van der Waals surface area contributed by atoms with Crippen LogP contribution in [0.2, 0.25) is 0 Å². The number of rotatable bonds is 3. The lowest BCUT2D eigenvalue weighted by Crippen LogP contribution is -1.99. The van der Waals surface area contributed by atoms with E-state index in [1.165, 1.54) is 47.4 Å². The first-order chi connectivity index (χ1) is 20.3. The fraction of sp³-hybridized carbons (Fsp3) is 0. The van der Waals surface area contributed by atoms with Crippen molar-refractivity contribution in [2.75, 3.05) is 0 Å². The third kappa shape index (κ3) is 3.33. The molecule has 0 aliphatic rings. The average Bonchev–Trinajstić information content (AvgIpc) is 3.72. The Hall–Kier alpha value is -5.26. The Kier molecular flexibility index (Phi) is 4.74. The van der Waals surface area contributed by atoms with Gasteiger partial charge < -0.3 is 4.57 Å². The summed E-state index contributed by atoms with van der Waals surface area (Å²) >= 11 is 1.86. The molecule has 0 saturated carbocycles. The topological polar surface area (TPSA) is 35.6 Å². The lowest BCUT2D eigenvalue weighted by molar-refractivity contribution is 1.08. The maximum Gasteiger partial charge on any atom is 0.138 e. The van der Waals surface area contributed by atoms with Gasteiger partial charge in [-0.05, 0) is 60.7 Å². The van der Waals surface area contributed by atoms with Crippen molar-refractivity contribution in [3.05, 3.63) is 134 Å². The summed E-state index contributed by atoms with van der Waals surface area (Å²) < 4.78 is 7.21. The highest BCUT2D eigenvalue weighted by Gasteiger charge is 2.20. The fourth-order valence-electron chi connectivity index (χ4n) is 6.18. The summed E-state index contributed by atoms with van der Waals surface area (Å²) in [6.45, 7) is 0. The molecule has 9 rings (SSSR count). The first-order valence-corrected chi connectivity index (χ1v) is 14.5. The van der Waals surface area contributed by atoms with Gasteiger partial charge in [0.05, 0.1) is 26.9 Å². The van der Waals surface area contributed by atoms with Gasteiger partial charge in [0, 0.05) is 61.5 Å². The van der Waals surface area contributed by atoms with Crippen LogP contribution in [-0.2, 0) is 0 Å². The fourth-order valence-corrected chi connectivity index (χ4v) is 7.42. The molecule has 0 amide bonds. The van der Waals surface area contributed by atoms with Crippen molar-refractivity contribution in [3.63, 3.8) is 0 Å². The molecule has 0 N–H and O–H groups in total. The summed E-state index contributed by atoms with van der Waals surface area (Å²) in [5.41, 5.74) is 6.57. The minimum absolute atomic E-state index is 0.897. The van der Waals surface area contributed by atoms with Gasteiger partial charge in [-0.1, -0.05) is 54.6 Å². The molecule has 4 nitrogen and oxygen atoms in total. The predicted octanol–water partition coefficient (Wildman–Crippen LogP) is 9.55. The molecule has 0 aliphatic heterocycles. The number of fused-ring (bicyclic) bond motifs is 8. The standard InChI is InChI=1S/C36H22N4S/c1-2-9-25(10-3-1)39-19-17-23-20-29-27-15-16-28-26-11-4-5-13-33(26)41-36(28)35(27)40(32(29)21-31(23)39)34-14-6-12-30(38-34)24-8-7-18-37-22-24/h1-22H. The minimum Gasteiger partial charge on any atom is -0.316 e. The van der Waals surface area contributed by atoms with Crippen LogP contribution in [0.25, 0.3) is 75.6 Å². The molecule has 0 radical (unpaired) electrons. The number of aromatic nitrogens is 4. The van der Waals surface area contributed by atoms with Gasteiger partial charge in [-0.2, -0.15) is 0 Å². The van der Waals surface area contributed by atoms with Gasteiger partial charge in [0.2, 0.25) is 0 Å². The molecule has 0 unspecified atom stereocenters. The average molecular weight is 543 g/mol. The van der Waals surface area contributed by atoms with Crippen molar-refractivity contribution in [2.24, 2.45) is 0 Å². The number of para-hydroxylation sites is 1. The van der Waals surface area contributed by atoms with E-state index in [2.05, 4.69) is 130 Å². The zero-order chi connectivity index (χ0) is 26.9. The van der Waals surface area contributed by atoms with E-state index in [4.69, 9.17) is 4.98 Å². The number of nitrogens with zero attached hydrogens (tertiary/aromatic N) is 4. The highest BCUT2D eigenvalue weighted by Crippen LogP contribution is 2.43. The van der Waals surface area contributed by atoms with Crippen LogP contribution in [0.5, 0.6) is 0 Å². The molecule has 5 heterocycles. The maximum atomic E-state index is 5.22. The molecule has 192 valence electrons. The van der Waals surface area contributed by atoms with E-state index in [1.807, 2.05) is 23.6 Å². The molecule has 0 aliphatic carbocycles. The summed E-state index contributed by atoms with van der Waals surface area (Å²) in [5.74, 6) is 0.897. The van der Waals surface area contributed by atoms with Gasteiger partial charge in [-0.15, -0.1) is 11.3 Å². The normalized spacial score (nSPS) is 11.9. The van der Waals surface area contributed by atoms with Crippen LogP contribution in [-0.4, -0.2) is 19.1 Å². The van der Waals surface area contributed by atoms with Gasteiger partial charge in [0.25, 0.3) is 0 Å². The number of hydrogen-bond acceptors (Lipinski definition) is 3. The van der Waals surface area contributed by atoms with Crippen molar-refractivity contribution in [2.45, 2.75) is 0 Å². The largest absolute Gasteiger partial charge is 0.316 e. The van der Waals surface area contributed by atoms with E-state index in [9.17, 15) is 0 Å². The van der Waals surface area contributed by atoms with Crippen molar-refractivity contribution in [1.29, 1.82) is 0 Å². The summed E-state index contributed by atoms with van der Waals surface area (Å²) in [7, 11) is 0. The molecule has 0 saturated heterocycles. The second kappa shape index (κ2) is 8.62. The molecule has 41 heavy (non-hydrogen) atoms. The van der Waals surface area contributed by atoms with Gasteiger partial charge in [-0.25, -0.2) is 4.98 Å². The molecule has 4 aromatic carbocycles. The van der Waals surface area contributed by atoms with Gasteiger partial charge in [0.15, 0.2) is 0 Å². The summed E-state index contributed by atoms with van der Waals surface area (Å²) in [6, 6.07) is 41.0. The van der Waals surface area contributed by atoms with Crippen LogP contribution in [0.15, 0.2) is 134 Å². The van der Waals surface area contributed by atoms with Gasteiger partial charge >= 0.3 is 0 Å². The first kappa shape index (κ1) is 22.5. The molecule has 5 heteroatoms. The molecule has 0 fully saturated rings. The second-order valence-corrected chi connectivity index (χ2v) is 11.4. The summed E-state index contributed by atoms with van der Waals surface area (Å²) in [4.78, 5) is 9.55. The lowest BCUT2D eigenvalue weighted by Gasteiger charge is -2.10. The SMILES string of the molecule is c1ccc(-n2ccc3cc4c5ccc6c7ccccc7sc6c5n(-c5cccc(-c6cccnc6)n5)c4cc32)cc1. The minimum atomic E-state index is 0.897. The van der Waals surface area contributed by atoms with Crippen LogP contribution >= 0.6 is 11.3 Å². The van der Waals surface area contributed by atoms with Crippen LogP contribution in [0.4, 0.5) is 0 Å². The van der Waals surface area contributed by atoms with Crippen LogP contribution in [0, 0.1) is 0 Å². The molecule has 0 spiro atoms. The molecule has 5 aromatic heterocycles. The Balaban J connectivity index is 1.43. The molecular formula is C36H22N4S. The Bertz CT molecular complexity index is 2410. The third-order valence-electron chi connectivity index (χ3n) is 8.04. The Labute approximate surface area is 239 Å². The highest BCUT2D eigenvalue weighted by molar-refractivity contribution is 7.26. The molecule has 0 bridgehead atoms. The molecular weight excluding hydrogens is 520 g/mol. The third-order valence-corrected chi connectivity index (χ3v) is 9.23. The summed E-state index contributed by atoms with van der Waals surface area (Å²) in [5, 5.41) is 6.26. The van der Waals surface area contributed by atoms with E-state index in [0.29, 0.717) is 0 Å². The summed E-state index contributed by atoms with van der Waals surface area (Å²) in [6.07, 6.45) is 5.83. The Morgan fingerprint density at radius 3 is 2.41 bits per heavy atom. The van der Waals surface area contributed by atoms with E-state index < -0.39 is 0 Å². The van der Waals surface area contributed by atoms with E-state index in [-0.39, 0.29) is 0 Å². The van der Waals surface area contributed by atoms with Crippen molar-refractivity contribution >= 4 is 64.2 Å². The molecule has 9 aromatic rings. The number of pyridine rings is 2. The number of thiophene rings is 1. The van der Waals surface area contributed by atoms with E-state index >= 15 is 0 Å². The number of hydrogen-bond donors (Lipinski definition) is 0. The quantitative estimate of drug-likeness (QED) is 0.223. The number of benzene rings is 4. The predicted molar refractivity (Wildman–Crippen MR) is 172 cm³/mol. The van der Waals surface area contributed by atoms with Crippen LogP contribution in [0.3, 0.4) is 0 Å². The zero-order valence-electron chi connectivity index (χ0n) is 21.9. The van der Waals surface area contributed by atoms with Gasteiger partial charge in [-0.3, -0.25) is 9.55 Å². The van der Waals surface area contributed by atoms with E-state index in [1.54, 1.807) is 6.20 Å². The first-order valence-electron chi connectivity index (χ1n) is 13.7. The van der Waals surface area contributed by atoms with Crippen molar-refractivity contribution in [3.8, 4) is 22.8 Å². The van der Waals surface area contributed by atoms with Crippen LogP contribution in [0.1, 0.15) is 0 Å².